The van der Waals surface area contributed by atoms with Crippen LogP contribution in [0.1, 0.15) is 9.78 Å². The maximum Gasteiger partial charge on any atom is 2.00 e. The number of aliphatic hydroxyl groups is 5. The first-order valence-electron chi connectivity index (χ1n) is 4.95. The molecule has 0 heterocycles. The van der Waals surface area contributed by atoms with Crippen LogP contribution >= 0.6 is 24.8 Å². The van der Waals surface area contributed by atoms with Crippen LogP contribution < -0.4 is 0 Å². The van der Waals surface area contributed by atoms with E-state index in [9.17, 15) is 4.79 Å². The van der Waals surface area contributed by atoms with Crippen LogP contribution in [-0.2, 0) is 9.53 Å². The first kappa shape index (κ1) is 25.0. The molecule has 112 valence electrons. The van der Waals surface area contributed by atoms with E-state index in [1.54, 1.807) is 0 Å². The molecule has 0 aromatic rings. The van der Waals surface area contributed by atoms with Gasteiger partial charge in [-0.3, -0.25) is 0 Å². The monoisotopic (exact) mass is 344 g/mol. The number of hydrogen-bond acceptors (Lipinski definition) is 8. The quantitative estimate of drug-likeness (QED) is 0.137. The first-order chi connectivity index (χ1) is 8.31. The van der Waals surface area contributed by atoms with Crippen LogP contribution in [-0.4, -0.2) is 112 Å². The molecule has 0 amide bonds. The molecule has 0 saturated carbocycles. The van der Waals surface area contributed by atoms with Gasteiger partial charge in [-0.15, -0.1) is 0 Å². The molecular formula is C9H20CaO7S2. The Morgan fingerprint density at radius 3 is 2.05 bits per heavy atom. The Morgan fingerprint density at radius 1 is 1.37 bits per heavy atom. The Hall–Kier alpha value is 0.970. The number of aldehydes is 1. The molecule has 0 saturated heterocycles. The van der Waals surface area contributed by atoms with Gasteiger partial charge in [-0.2, -0.15) is 0 Å². The van der Waals surface area contributed by atoms with Crippen LogP contribution in [0.4, 0.5) is 0 Å². The SMILES string of the molecule is CCOC(=S)S.O=C[C@H](O)[C@@H](O)[C@H](O)[C@H](O)CO.[Ca+2].[H-].[H-]. The molecule has 0 aliphatic rings. The van der Waals surface area contributed by atoms with Gasteiger partial charge in [0.15, 0.2) is 6.29 Å². The van der Waals surface area contributed by atoms with Crippen molar-refractivity contribution in [2.45, 2.75) is 31.3 Å². The molecule has 0 unspecified atom stereocenters. The number of aliphatic hydroxyl groups excluding tert-OH is 5. The Morgan fingerprint density at radius 2 is 1.84 bits per heavy atom. The summed E-state index contributed by atoms with van der Waals surface area (Å²) in [5.74, 6) is 0. The van der Waals surface area contributed by atoms with Crippen molar-refractivity contribution in [1.82, 2.24) is 0 Å². The molecule has 5 N–H and O–H groups in total. The molecule has 0 aromatic heterocycles. The minimum Gasteiger partial charge on any atom is -1.00 e. The van der Waals surface area contributed by atoms with Crippen LogP contribution in [0.5, 0.6) is 0 Å². The number of thiocarbonyl (C=S) groups is 1. The summed E-state index contributed by atoms with van der Waals surface area (Å²) in [6, 6.07) is 0. The molecule has 0 fully saturated rings. The number of hydrogen-bond donors (Lipinski definition) is 6. The van der Waals surface area contributed by atoms with Gasteiger partial charge < -0.3 is 37.9 Å². The van der Waals surface area contributed by atoms with Crippen LogP contribution in [0.25, 0.3) is 0 Å². The zero-order chi connectivity index (χ0) is 14.7. The van der Waals surface area contributed by atoms with Crippen molar-refractivity contribution in [2.75, 3.05) is 13.2 Å². The van der Waals surface area contributed by atoms with E-state index in [-0.39, 0.29) is 46.9 Å². The van der Waals surface area contributed by atoms with E-state index >= 15 is 0 Å². The van der Waals surface area contributed by atoms with E-state index in [1.165, 1.54) is 0 Å². The Kier molecular flexibility index (Phi) is 20.2. The second-order valence-corrected chi connectivity index (χ2v) is 4.14. The minimum atomic E-state index is -1.79. The van der Waals surface area contributed by atoms with Crippen molar-refractivity contribution >= 4 is 73.3 Å². The van der Waals surface area contributed by atoms with E-state index in [1.807, 2.05) is 6.92 Å². The van der Waals surface area contributed by atoms with Crippen molar-refractivity contribution in [1.29, 1.82) is 0 Å². The maximum absolute atomic E-state index is 9.90. The maximum atomic E-state index is 9.90. The predicted octanol–water partition coefficient (Wildman–Crippen LogP) is -2.30. The summed E-state index contributed by atoms with van der Waals surface area (Å²) in [7, 11) is 0. The van der Waals surface area contributed by atoms with Crippen molar-refractivity contribution in [2.24, 2.45) is 0 Å². The molecule has 0 radical (unpaired) electrons. The third-order valence-corrected chi connectivity index (χ3v) is 1.94. The van der Waals surface area contributed by atoms with Gasteiger partial charge in [-0.05, 0) is 19.1 Å². The average Bonchev–Trinajstić information content (AvgIpc) is 2.35. The average molecular weight is 344 g/mol. The molecule has 0 aliphatic carbocycles. The van der Waals surface area contributed by atoms with Crippen LogP contribution in [0, 0.1) is 0 Å². The standard InChI is InChI=1S/C6H12O6.C3H6OS2.Ca.2H/c7-1-3(9)5(11)6(12)4(10)2-8;1-2-4-3(5)6;;;/h1,3-6,8-12H,2H2;2H2,1H3,(H,5,6);;;/q;;+2;2*-1/t3-,4+,5+,6+;;;;/m0..../s1. The second kappa shape index (κ2) is 15.4. The van der Waals surface area contributed by atoms with Gasteiger partial charge in [0.1, 0.15) is 24.4 Å². The van der Waals surface area contributed by atoms with Gasteiger partial charge in [-0.25, -0.2) is 0 Å². The predicted molar refractivity (Wildman–Crippen MR) is 78.4 cm³/mol. The van der Waals surface area contributed by atoms with Crippen molar-refractivity contribution < 1.29 is 37.9 Å². The fourth-order valence-electron chi connectivity index (χ4n) is 0.742. The fourth-order valence-corrected chi connectivity index (χ4v) is 0.989. The Balaban J connectivity index is -0.0000000830. The Bertz CT molecular complexity index is 254. The van der Waals surface area contributed by atoms with E-state index < -0.39 is 31.0 Å². The van der Waals surface area contributed by atoms with Crippen molar-refractivity contribution in [3.8, 4) is 0 Å². The normalized spacial score (nSPS) is 15.7. The number of ether oxygens (including phenoxy) is 1. The van der Waals surface area contributed by atoms with Gasteiger partial charge in [-0.1, -0.05) is 12.6 Å². The summed E-state index contributed by atoms with van der Waals surface area (Å²) < 4.78 is 4.95. The van der Waals surface area contributed by atoms with Gasteiger partial charge in [0.05, 0.1) is 13.2 Å². The molecule has 0 spiro atoms. The number of carbonyl (C=O) groups excluding carboxylic acids is 1. The molecule has 0 rings (SSSR count). The van der Waals surface area contributed by atoms with Crippen LogP contribution in [0.3, 0.4) is 0 Å². The van der Waals surface area contributed by atoms with Crippen LogP contribution in [0.2, 0.25) is 0 Å². The smallest absolute Gasteiger partial charge is 1.00 e. The van der Waals surface area contributed by atoms with E-state index in [4.69, 9.17) is 25.5 Å². The molecule has 0 aliphatic heterocycles. The van der Waals surface area contributed by atoms with Crippen molar-refractivity contribution in [3.05, 3.63) is 0 Å². The van der Waals surface area contributed by atoms with Gasteiger partial charge in [0.25, 0.3) is 0 Å². The summed E-state index contributed by atoms with van der Waals surface area (Å²) >= 11 is 8.12. The van der Waals surface area contributed by atoms with Gasteiger partial charge in [0, 0.05) is 0 Å². The summed E-state index contributed by atoms with van der Waals surface area (Å²) in [5.41, 5.74) is 0. The topological polar surface area (TPSA) is 127 Å². The molecule has 10 heteroatoms. The first-order valence-corrected chi connectivity index (χ1v) is 5.81. The third-order valence-electron chi connectivity index (χ3n) is 1.69. The molecule has 0 aromatic carbocycles. The minimum absolute atomic E-state index is 0. The fraction of sp³-hybridized carbons (Fsp3) is 0.778. The summed E-state index contributed by atoms with van der Waals surface area (Å²) in [4.78, 5) is 9.90. The largest absolute Gasteiger partial charge is 2.00 e. The zero-order valence-corrected chi connectivity index (χ0v) is 14.3. The molecule has 7 nitrogen and oxygen atoms in total. The summed E-state index contributed by atoms with van der Waals surface area (Å²) in [6.07, 6.45) is -6.84. The molecule has 0 bridgehead atoms. The molecule has 4 atom stereocenters. The Labute approximate surface area is 155 Å². The van der Waals surface area contributed by atoms with Gasteiger partial charge in [0.2, 0.25) is 4.38 Å². The molecule has 19 heavy (non-hydrogen) atoms. The number of rotatable bonds is 6. The molecular weight excluding hydrogens is 324 g/mol. The van der Waals surface area contributed by atoms with Crippen LogP contribution in [0.15, 0.2) is 0 Å². The van der Waals surface area contributed by atoms with E-state index in [0.29, 0.717) is 11.0 Å². The van der Waals surface area contributed by atoms with Gasteiger partial charge >= 0.3 is 37.7 Å². The summed E-state index contributed by atoms with van der Waals surface area (Å²) in [6.45, 7) is 1.72. The second-order valence-electron chi connectivity index (χ2n) is 3.06. The van der Waals surface area contributed by atoms with Crippen molar-refractivity contribution in [3.63, 3.8) is 0 Å². The third kappa shape index (κ3) is 13.7. The number of carbonyl (C=O) groups is 1. The zero-order valence-electron chi connectivity index (χ0n) is 12.4. The summed E-state index contributed by atoms with van der Waals surface area (Å²) in [5, 5.41) is 43.5. The van der Waals surface area contributed by atoms with E-state index in [2.05, 4.69) is 29.6 Å². The number of thiol groups is 1. The van der Waals surface area contributed by atoms with E-state index in [0.717, 1.165) is 0 Å².